The normalized spacial score (nSPS) is 15.0. The molecular formula is C11H13N3. The number of rotatable bonds is 0. The number of aromatic nitrogens is 3. The van der Waals surface area contributed by atoms with Crippen molar-refractivity contribution in [2.75, 3.05) is 0 Å². The molecule has 2 aromatic rings. The van der Waals surface area contributed by atoms with Crippen molar-refractivity contribution in [2.24, 2.45) is 0 Å². The highest BCUT2D eigenvalue weighted by molar-refractivity contribution is 5.50. The molecule has 0 radical (unpaired) electrons. The second-order valence-corrected chi connectivity index (χ2v) is 4.06. The van der Waals surface area contributed by atoms with Crippen LogP contribution < -0.4 is 0 Å². The molecule has 1 aliphatic rings. The third kappa shape index (κ3) is 0.924. The Bertz CT molecular complexity index is 511. The lowest BCUT2D eigenvalue weighted by atomic mass is 10.3. The van der Waals surface area contributed by atoms with Crippen LogP contribution in [0.25, 0.3) is 5.65 Å². The summed E-state index contributed by atoms with van der Waals surface area (Å²) in [6, 6.07) is 2.09. The number of hydrogen-bond donors (Lipinski definition) is 0. The topological polar surface area (TPSA) is 30.2 Å². The Kier molecular flexibility index (Phi) is 1.46. The summed E-state index contributed by atoms with van der Waals surface area (Å²) >= 11 is 0. The molecule has 3 heteroatoms. The van der Waals surface area contributed by atoms with E-state index in [9.17, 15) is 0 Å². The van der Waals surface area contributed by atoms with Gasteiger partial charge in [-0.3, -0.25) is 0 Å². The lowest BCUT2D eigenvalue weighted by Gasteiger charge is -2.01. The van der Waals surface area contributed by atoms with Crippen LogP contribution >= 0.6 is 0 Å². The van der Waals surface area contributed by atoms with E-state index in [0.29, 0.717) is 0 Å². The molecule has 3 nitrogen and oxygen atoms in total. The van der Waals surface area contributed by atoms with Crippen molar-refractivity contribution in [1.29, 1.82) is 0 Å². The van der Waals surface area contributed by atoms with Crippen LogP contribution in [0.1, 0.15) is 29.1 Å². The van der Waals surface area contributed by atoms with Crippen molar-refractivity contribution in [3.63, 3.8) is 0 Å². The molecule has 72 valence electrons. The van der Waals surface area contributed by atoms with Crippen molar-refractivity contribution in [3.8, 4) is 0 Å². The quantitative estimate of drug-likeness (QED) is 0.630. The molecule has 3 rings (SSSR count). The first-order valence-electron chi connectivity index (χ1n) is 5.10. The average molecular weight is 187 g/mol. The molecule has 0 aromatic carbocycles. The molecule has 14 heavy (non-hydrogen) atoms. The highest BCUT2D eigenvalue weighted by Gasteiger charge is 2.19. The van der Waals surface area contributed by atoms with E-state index in [-0.39, 0.29) is 0 Å². The molecule has 0 aliphatic heterocycles. The van der Waals surface area contributed by atoms with Gasteiger partial charge in [-0.2, -0.15) is 5.10 Å². The van der Waals surface area contributed by atoms with E-state index in [4.69, 9.17) is 0 Å². The number of hydrogen-bond acceptors (Lipinski definition) is 2. The molecule has 0 saturated carbocycles. The van der Waals surface area contributed by atoms with Crippen molar-refractivity contribution < 1.29 is 0 Å². The summed E-state index contributed by atoms with van der Waals surface area (Å²) in [5.74, 6) is 0. The molecule has 2 aromatic heterocycles. The van der Waals surface area contributed by atoms with Gasteiger partial charge in [-0.05, 0) is 44.7 Å². The number of aryl methyl sites for hydroxylation is 4. The van der Waals surface area contributed by atoms with Gasteiger partial charge in [0.25, 0.3) is 0 Å². The van der Waals surface area contributed by atoms with Crippen molar-refractivity contribution in [3.05, 3.63) is 28.7 Å². The summed E-state index contributed by atoms with van der Waals surface area (Å²) in [6.45, 7) is 4.14. The Balaban J connectivity index is 2.43. The van der Waals surface area contributed by atoms with Crippen LogP contribution in [0, 0.1) is 13.8 Å². The predicted molar refractivity (Wildman–Crippen MR) is 54.5 cm³/mol. The minimum Gasteiger partial charge on any atom is -0.232 e. The standard InChI is InChI=1S/C11H13N3/c1-7-6-8(2)13-14-10-5-3-4-9(10)12-11(7)14/h6H,3-5H2,1-2H3. The predicted octanol–water partition coefficient (Wildman–Crippen LogP) is 1.83. The first kappa shape index (κ1) is 7.97. The van der Waals surface area contributed by atoms with Gasteiger partial charge in [0.05, 0.1) is 17.1 Å². The van der Waals surface area contributed by atoms with Crippen LogP contribution in [0.2, 0.25) is 0 Å². The third-order valence-corrected chi connectivity index (χ3v) is 2.89. The van der Waals surface area contributed by atoms with Gasteiger partial charge in [0.1, 0.15) is 0 Å². The second kappa shape index (κ2) is 2.56. The molecule has 0 bridgehead atoms. The number of imidazole rings is 1. The van der Waals surface area contributed by atoms with E-state index in [1.807, 2.05) is 11.4 Å². The van der Waals surface area contributed by atoms with Crippen molar-refractivity contribution in [2.45, 2.75) is 33.1 Å². The van der Waals surface area contributed by atoms with Gasteiger partial charge >= 0.3 is 0 Å². The van der Waals surface area contributed by atoms with Crippen LogP contribution in [-0.4, -0.2) is 14.6 Å². The SMILES string of the molecule is Cc1cc(C)c2nc3c(n2n1)CCC3. The first-order chi connectivity index (χ1) is 6.75. The monoisotopic (exact) mass is 187 g/mol. The summed E-state index contributed by atoms with van der Waals surface area (Å²) in [5.41, 5.74) is 5.92. The minimum atomic E-state index is 1.04. The summed E-state index contributed by atoms with van der Waals surface area (Å²) in [4.78, 5) is 4.63. The Hall–Kier alpha value is -1.38. The molecule has 0 atom stereocenters. The summed E-state index contributed by atoms with van der Waals surface area (Å²) in [5, 5.41) is 4.52. The fourth-order valence-corrected chi connectivity index (χ4v) is 2.29. The van der Waals surface area contributed by atoms with E-state index >= 15 is 0 Å². The lowest BCUT2D eigenvalue weighted by Crippen LogP contribution is -2.00. The van der Waals surface area contributed by atoms with E-state index < -0.39 is 0 Å². The average Bonchev–Trinajstić information content (AvgIpc) is 2.65. The summed E-state index contributed by atoms with van der Waals surface area (Å²) in [7, 11) is 0. The van der Waals surface area contributed by atoms with Gasteiger partial charge in [-0.15, -0.1) is 0 Å². The van der Waals surface area contributed by atoms with E-state index in [1.54, 1.807) is 0 Å². The third-order valence-electron chi connectivity index (χ3n) is 2.89. The molecule has 0 N–H and O–H groups in total. The zero-order chi connectivity index (χ0) is 9.71. The highest BCUT2D eigenvalue weighted by Crippen LogP contribution is 2.23. The molecular weight excluding hydrogens is 174 g/mol. The summed E-state index contributed by atoms with van der Waals surface area (Å²) < 4.78 is 2.03. The maximum atomic E-state index is 4.63. The van der Waals surface area contributed by atoms with Gasteiger partial charge in [-0.25, -0.2) is 9.50 Å². The largest absolute Gasteiger partial charge is 0.232 e. The molecule has 0 unspecified atom stereocenters. The zero-order valence-corrected chi connectivity index (χ0v) is 8.54. The fraction of sp³-hybridized carbons (Fsp3) is 0.455. The molecule has 2 heterocycles. The maximum absolute atomic E-state index is 4.63. The maximum Gasteiger partial charge on any atom is 0.157 e. The van der Waals surface area contributed by atoms with E-state index in [1.165, 1.54) is 23.4 Å². The number of fused-ring (bicyclic) bond motifs is 3. The zero-order valence-electron chi connectivity index (χ0n) is 8.54. The molecule has 0 amide bonds. The summed E-state index contributed by atoms with van der Waals surface area (Å²) in [6.07, 6.45) is 3.48. The lowest BCUT2D eigenvalue weighted by molar-refractivity contribution is 0.805. The highest BCUT2D eigenvalue weighted by atomic mass is 15.3. The number of nitrogens with zero attached hydrogens (tertiary/aromatic N) is 3. The molecule has 0 saturated heterocycles. The van der Waals surface area contributed by atoms with Gasteiger partial charge in [0.15, 0.2) is 5.65 Å². The van der Waals surface area contributed by atoms with Crippen molar-refractivity contribution >= 4 is 5.65 Å². The molecule has 1 aliphatic carbocycles. The Morgan fingerprint density at radius 1 is 1.29 bits per heavy atom. The Morgan fingerprint density at radius 3 is 3.00 bits per heavy atom. The minimum absolute atomic E-state index is 1.04. The second-order valence-electron chi connectivity index (χ2n) is 4.06. The van der Waals surface area contributed by atoms with Crippen LogP contribution in [0.15, 0.2) is 6.07 Å². The van der Waals surface area contributed by atoms with Crippen LogP contribution in [0.5, 0.6) is 0 Å². The molecule has 0 spiro atoms. The van der Waals surface area contributed by atoms with Gasteiger partial charge in [-0.1, -0.05) is 0 Å². The smallest absolute Gasteiger partial charge is 0.157 e. The van der Waals surface area contributed by atoms with Crippen molar-refractivity contribution in [1.82, 2.24) is 14.6 Å². The van der Waals surface area contributed by atoms with Gasteiger partial charge in [0, 0.05) is 0 Å². The van der Waals surface area contributed by atoms with Gasteiger partial charge < -0.3 is 0 Å². The molecule has 0 fully saturated rings. The fourth-order valence-electron chi connectivity index (χ4n) is 2.29. The van der Waals surface area contributed by atoms with Crippen LogP contribution in [-0.2, 0) is 12.8 Å². The Morgan fingerprint density at radius 2 is 2.14 bits per heavy atom. The van der Waals surface area contributed by atoms with Crippen LogP contribution in [0.4, 0.5) is 0 Å². The van der Waals surface area contributed by atoms with Crippen LogP contribution in [0.3, 0.4) is 0 Å². The van der Waals surface area contributed by atoms with Gasteiger partial charge in [0.2, 0.25) is 0 Å². The van der Waals surface area contributed by atoms with E-state index in [2.05, 4.69) is 23.1 Å². The van der Waals surface area contributed by atoms with E-state index in [0.717, 1.165) is 24.2 Å². The first-order valence-corrected chi connectivity index (χ1v) is 5.10. The Labute approximate surface area is 82.8 Å².